The quantitative estimate of drug-likeness (QED) is 0.202. The van der Waals surface area contributed by atoms with Gasteiger partial charge in [-0.25, -0.2) is 9.59 Å². The van der Waals surface area contributed by atoms with Gasteiger partial charge in [-0.1, -0.05) is 25.4 Å². The number of nitrogens with one attached hydrogen (secondary N) is 3. The molecule has 1 aromatic carbocycles. The minimum absolute atomic E-state index is 0.0833. The predicted molar refractivity (Wildman–Crippen MR) is 109 cm³/mol. The molecule has 13 heteroatoms. The highest BCUT2D eigenvalue weighted by Crippen LogP contribution is 2.25. The second kappa shape index (κ2) is 12.4. The Morgan fingerprint density at radius 1 is 1.23 bits per heavy atom. The van der Waals surface area contributed by atoms with E-state index in [-0.39, 0.29) is 23.7 Å². The van der Waals surface area contributed by atoms with Gasteiger partial charge in [0.15, 0.2) is 6.61 Å². The number of imide groups is 1. The molecule has 0 aliphatic rings. The monoisotopic (exact) mass is 458 g/mol. The maximum Gasteiger partial charge on any atom is 0.329 e. The van der Waals surface area contributed by atoms with Crippen LogP contribution in [0.15, 0.2) is 18.2 Å². The van der Waals surface area contributed by atoms with Crippen molar-refractivity contribution in [2.75, 3.05) is 26.9 Å². The molecule has 12 nitrogen and oxygen atoms in total. The SMILES string of the molecule is COCCNC(=O)NC(=O)COC(=O)[C@@H](NC(=O)c1ccc(Cl)c([N+](=O)[O-])c1)C(C)C. The minimum atomic E-state index is -1.15. The van der Waals surface area contributed by atoms with E-state index in [0.29, 0.717) is 0 Å². The van der Waals surface area contributed by atoms with Crippen LogP contribution in [0.2, 0.25) is 5.02 Å². The number of carbonyl (C=O) groups excluding carboxylic acids is 4. The van der Waals surface area contributed by atoms with Crippen LogP contribution in [0.25, 0.3) is 0 Å². The normalized spacial score (nSPS) is 11.4. The number of nitrogens with zero attached hydrogens (tertiary/aromatic N) is 1. The molecule has 1 atom stereocenters. The first kappa shape index (κ1) is 25.8. The van der Waals surface area contributed by atoms with Crippen molar-refractivity contribution in [1.29, 1.82) is 0 Å². The van der Waals surface area contributed by atoms with E-state index in [1.165, 1.54) is 19.2 Å². The Hall–Kier alpha value is -3.25. The fourth-order valence-corrected chi connectivity index (χ4v) is 2.40. The Morgan fingerprint density at radius 2 is 1.90 bits per heavy atom. The lowest BCUT2D eigenvalue weighted by molar-refractivity contribution is -0.384. The molecule has 0 radical (unpaired) electrons. The van der Waals surface area contributed by atoms with Crippen LogP contribution in [0.1, 0.15) is 24.2 Å². The predicted octanol–water partition coefficient (Wildman–Crippen LogP) is 1.02. The number of nitro groups is 1. The van der Waals surface area contributed by atoms with E-state index in [4.69, 9.17) is 21.1 Å². The molecule has 0 spiro atoms. The van der Waals surface area contributed by atoms with Crippen LogP contribution in [0.4, 0.5) is 10.5 Å². The molecule has 0 bridgehead atoms. The largest absolute Gasteiger partial charge is 0.454 e. The molecule has 31 heavy (non-hydrogen) atoms. The van der Waals surface area contributed by atoms with E-state index in [1.807, 2.05) is 5.32 Å². The standard InChI is InChI=1S/C18H23ClN4O8/c1-10(2)15(17(26)31-9-14(24)21-18(27)20-6-7-30-3)22-16(25)11-4-5-12(19)13(8-11)23(28)29/h4-5,8,10,15H,6-7,9H2,1-3H3,(H,22,25)(H2,20,21,24,27)/t15-/m0/s1. The third kappa shape index (κ3) is 8.56. The smallest absolute Gasteiger partial charge is 0.329 e. The third-order valence-electron chi connectivity index (χ3n) is 3.80. The lowest BCUT2D eigenvalue weighted by Crippen LogP contribution is -2.47. The maximum absolute atomic E-state index is 12.4. The number of halogens is 1. The van der Waals surface area contributed by atoms with Gasteiger partial charge in [0.2, 0.25) is 0 Å². The average Bonchev–Trinajstić information content (AvgIpc) is 2.70. The highest BCUT2D eigenvalue weighted by Gasteiger charge is 2.28. The van der Waals surface area contributed by atoms with Crippen LogP contribution < -0.4 is 16.0 Å². The number of carbonyl (C=O) groups is 4. The van der Waals surface area contributed by atoms with Crippen LogP contribution in [0.3, 0.4) is 0 Å². The molecule has 4 amide bonds. The molecule has 0 saturated carbocycles. The lowest BCUT2D eigenvalue weighted by atomic mass is 10.0. The van der Waals surface area contributed by atoms with Gasteiger partial charge >= 0.3 is 12.0 Å². The van der Waals surface area contributed by atoms with E-state index >= 15 is 0 Å². The summed E-state index contributed by atoms with van der Waals surface area (Å²) in [4.78, 5) is 58.2. The van der Waals surface area contributed by atoms with E-state index in [1.54, 1.807) is 13.8 Å². The highest BCUT2D eigenvalue weighted by atomic mass is 35.5. The zero-order chi connectivity index (χ0) is 23.6. The number of ether oxygens (including phenoxy) is 2. The minimum Gasteiger partial charge on any atom is -0.454 e. The first-order valence-corrected chi connectivity index (χ1v) is 9.42. The molecule has 1 rings (SSSR count). The first-order chi connectivity index (χ1) is 14.6. The van der Waals surface area contributed by atoms with Crippen molar-refractivity contribution in [3.63, 3.8) is 0 Å². The molecule has 0 unspecified atom stereocenters. The Balaban J connectivity index is 2.69. The van der Waals surface area contributed by atoms with Gasteiger partial charge in [-0.05, 0) is 18.1 Å². The number of methoxy groups -OCH3 is 1. The second-order valence-corrected chi connectivity index (χ2v) is 6.93. The second-order valence-electron chi connectivity index (χ2n) is 6.52. The fourth-order valence-electron chi connectivity index (χ4n) is 2.22. The van der Waals surface area contributed by atoms with Gasteiger partial charge in [-0.3, -0.25) is 25.0 Å². The molecule has 1 aromatic rings. The van der Waals surface area contributed by atoms with E-state index < -0.39 is 53.0 Å². The molecule has 0 saturated heterocycles. The summed E-state index contributed by atoms with van der Waals surface area (Å²) in [6, 6.07) is 1.51. The zero-order valence-electron chi connectivity index (χ0n) is 17.1. The molecule has 0 fully saturated rings. The summed E-state index contributed by atoms with van der Waals surface area (Å²) in [5.74, 6) is -2.98. The number of esters is 1. The number of urea groups is 1. The summed E-state index contributed by atoms with van der Waals surface area (Å²) in [6.45, 7) is 2.94. The van der Waals surface area contributed by atoms with Gasteiger partial charge < -0.3 is 20.1 Å². The third-order valence-corrected chi connectivity index (χ3v) is 4.12. The van der Waals surface area contributed by atoms with Crippen LogP contribution in [-0.2, 0) is 19.1 Å². The Labute approximate surface area is 182 Å². The summed E-state index contributed by atoms with van der Waals surface area (Å²) < 4.78 is 9.61. The summed E-state index contributed by atoms with van der Waals surface area (Å²) in [5.41, 5.74) is -0.543. The van der Waals surface area contributed by atoms with E-state index in [0.717, 1.165) is 6.07 Å². The molecular formula is C18H23ClN4O8. The van der Waals surface area contributed by atoms with Crippen LogP contribution in [0, 0.1) is 16.0 Å². The van der Waals surface area contributed by atoms with Gasteiger partial charge in [0.25, 0.3) is 17.5 Å². The molecule has 170 valence electrons. The number of amides is 4. The number of hydrogen-bond acceptors (Lipinski definition) is 8. The Kier molecular flexibility index (Phi) is 10.4. The topological polar surface area (TPSA) is 166 Å². The summed E-state index contributed by atoms with van der Waals surface area (Å²) in [7, 11) is 1.45. The Morgan fingerprint density at radius 3 is 2.48 bits per heavy atom. The molecule has 0 aliphatic heterocycles. The molecule has 0 aromatic heterocycles. The van der Waals surface area contributed by atoms with Crippen LogP contribution >= 0.6 is 11.6 Å². The van der Waals surface area contributed by atoms with Crippen molar-refractivity contribution in [2.24, 2.45) is 5.92 Å². The van der Waals surface area contributed by atoms with Crippen LogP contribution in [0.5, 0.6) is 0 Å². The summed E-state index contributed by atoms with van der Waals surface area (Å²) in [6.07, 6.45) is 0. The first-order valence-electron chi connectivity index (χ1n) is 9.04. The average molecular weight is 459 g/mol. The molecule has 0 aliphatic carbocycles. The van der Waals surface area contributed by atoms with Gasteiger partial charge in [0.1, 0.15) is 11.1 Å². The van der Waals surface area contributed by atoms with Gasteiger partial charge in [0, 0.05) is 25.3 Å². The van der Waals surface area contributed by atoms with Crippen molar-refractivity contribution in [3.8, 4) is 0 Å². The number of nitro benzene ring substituents is 1. The van der Waals surface area contributed by atoms with Gasteiger partial charge in [-0.15, -0.1) is 0 Å². The maximum atomic E-state index is 12.4. The number of benzene rings is 1. The van der Waals surface area contributed by atoms with Crippen LogP contribution in [-0.4, -0.2) is 61.6 Å². The number of rotatable bonds is 10. The fraction of sp³-hybridized carbons (Fsp3) is 0.444. The van der Waals surface area contributed by atoms with Gasteiger partial charge in [-0.2, -0.15) is 0 Å². The number of hydrogen-bond donors (Lipinski definition) is 3. The van der Waals surface area contributed by atoms with Gasteiger partial charge in [0.05, 0.1) is 11.5 Å². The highest BCUT2D eigenvalue weighted by molar-refractivity contribution is 6.32. The Bertz CT molecular complexity index is 846. The molecular weight excluding hydrogens is 436 g/mol. The van der Waals surface area contributed by atoms with Crippen molar-refractivity contribution < 1.29 is 33.6 Å². The molecule has 0 heterocycles. The summed E-state index contributed by atoms with van der Waals surface area (Å²) >= 11 is 5.72. The van der Waals surface area contributed by atoms with E-state index in [9.17, 15) is 29.3 Å². The van der Waals surface area contributed by atoms with Crippen molar-refractivity contribution in [3.05, 3.63) is 38.9 Å². The molecule has 3 N–H and O–H groups in total. The van der Waals surface area contributed by atoms with E-state index in [2.05, 4.69) is 10.6 Å². The summed E-state index contributed by atoms with van der Waals surface area (Å²) in [5, 5.41) is 17.6. The zero-order valence-corrected chi connectivity index (χ0v) is 17.9. The van der Waals surface area contributed by atoms with Crippen molar-refractivity contribution >= 4 is 41.1 Å². The van der Waals surface area contributed by atoms with Crippen molar-refractivity contribution in [1.82, 2.24) is 16.0 Å². The van der Waals surface area contributed by atoms with Crippen molar-refractivity contribution in [2.45, 2.75) is 19.9 Å². The lowest BCUT2D eigenvalue weighted by Gasteiger charge is -2.20.